The number of hydrogen-bond donors (Lipinski definition) is 1. The van der Waals surface area contributed by atoms with E-state index in [-0.39, 0.29) is 23.6 Å². The van der Waals surface area contributed by atoms with Gasteiger partial charge in [-0.2, -0.15) is 13.2 Å². The Bertz CT molecular complexity index is 954. The Morgan fingerprint density at radius 1 is 1.16 bits per heavy atom. The Hall–Kier alpha value is -2.22. The summed E-state index contributed by atoms with van der Waals surface area (Å²) in [7, 11) is 1.82. The Kier molecular flexibility index (Phi) is 6.19. The van der Waals surface area contributed by atoms with E-state index < -0.39 is 11.9 Å². The fraction of sp³-hybridized carbons (Fsp3) is 0.545. The number of aromatic nitrogens is 1. The van der Waals surface area contributed by atoms with Gasteiger partial charge >= 0.3 is 12.2 Å². The van der Waals surface area contributed by atoms with E-state index in [9.17, 15) is 18.0 Å². The molecule has 1 aromatic heterocycles. The lowest BCUT2D eigenvalue weighted by Gasteiger charge is -2.37. The van der Waals surface area contributed by atoms with Crippen LogP contribution in [0.5, 0.6) is 0 Å². The average molecular weight is 455 g/mol. The fourth-order valence-corrected chi connectivity index (χ4v) is 4.78. The number of pyridine rings is 1. The van der Waals surface area contributed by atoms with E-state index in [2.05, 4.69) is 10.3 Å². The van der Waals surface area contributed by atoms with E-state index in [1.54, 1.807) is 12.1 Å². The number of alkyl halides is 3. The highest BCUT2D eigenvalue weighted by atomic mass is 35.5. The number of nitrogens with one attached hydrogen (secondary N) is 1. The van der Waals surface area contributed by atoms with Crippen molar-refractivity contribution in [3.05, 3.63) is 35.0 Å². The smallest absolute Gasteiger partial charge is 0.371 e. The summed E-state index contributed by atoms with van der Waals surface area (Å²) in [4.78, 5) is 19.9. The molecule has 9 heteroatoms. The minimum atomic E-state index is -4.53. The normalized spacial score (nSPS) is 22.0. The number of halogens is 4. The summed E-state index contributed by atoms with van der Waals surface area (Å²) >= 11 is 6.12. The van der Waals surface area contributed by atoms with Crippen molar-refractivity contribution in [1.82, 2.24) is 15.2 Å². The van der Waals surface area contributed by atoms with E-state index in [1.807, 2.05) is 16.8 Å². The summed E-state index contributed by atoms with van der Waals surface area (Å²) in [6.45, 7) is 1.62. The van der Waals surface area contributed by atoms with Gasteiger partial charge in [-0.05, 0) is 62.8 Å². The third-order valence-corrected chi connectivity index (χ3v) is 6.62. The van der Waals surface area contributed by atoms with Crippen molar-refractivity contribution in [3.8, 4) is 0 Å². The summed E-state index contributed by atoms with van der Waals surface area (Å²) in [6.07, 6.45) is 0.736. The topological polar surface area (TPSA) is 48.5 Å². The predicted molar refractivity (Wildman–Crippen MR) is 116 cm³/mol. The Balaban J connectivity index is 1.50. The number of amides is 2. The largest absolute Gasteiger partial charge is 0.433 e. The molecule has 31 heavy (non-hydrogen) atoms. The molecule has 0 atom stereocenters. The van der Waals surface area contributed by atoms with Gasteiger partial charge in [0.25, 0.3) is 0 Å². The van der Waals surface area contributed by atoms with Crippen molar-refractivity contribution in [2.45, 2.75) is 56.8 Å². The number of benzene rings is 1. The summed E-state index contributed by atoms with van der Waals surface area (Å²) in [6, 6.07) is 6.03. The molecule has 2 heterocycles. The zero-order valence-corrected chi connectivity index (χ0v) is 18.1. The van der Waals surface area contributed by atoms with Gasteiger partial charge < -0.3 is 15.1 Å². The lowest BCUT2D eigenvalue weighted by molar-refractivity contribution is -0.140. The zero-order valence-electron chi connectivity index (χ0n) is 17.4. The number of likely N-dealkylation sites (tertiary alicyclic amines) is 1. The van der Waals surface area contributed by atoms with Gasteiger partial charge in [0.1, 0.15) is 5.69 Å². The van der Waals surface area contributed by atoms with Crippen LogP contribution in [0, 0.1) is 0 Å². The number of urea groups is 1. The van der Waals surface area contributed by atoms with Crippen LogP contribution >= 0.6 is 11.6 Å². The molecule has 1 aliphatic heterocycles. The first kappa shape index (κ1) is 22.0. The molecule has 2 aliphatic rings. The van der Waals surface area contributed by atoms with Crippen molar-refractivity contribution >= 4 is 34.2 Å². The van der Waals surface area contributed by atoms with Crippen LogP contribution in [0.2, 0.25) is 5.02 Å². The van der Waals surface area contributed by atoms with Gasteiger partial charge in [0.15, 0.2) is 0 Å². The number of anilines is 1. The molecule has 168 valence electrons. The van der Waals surface area contributed by atoms with Gasteiger partial charge in [0.2, 0.25) is 0 Å². The third-order valence-electron chi connectivity index (χ3n) is 6.38. The van der Waals surface area contributed by atoms with E-state index in [1.165, 1.54) is 6.07 Å². The first-order chi connectivity index (χ1) is 14.7. The molecule has 1 saturated carbocycles. The minimum Gasteiger partial charge on any atom is -0.371 e. The predicted octanol–water partition coefficient (Wildman–Crippen LogP) is 5.46. The van der Waals surface area contributed by atoms with Gasteiger partial charge in [0.05, 0.1) is 5.52 Å². The van der Waals surface area contributed by atoms with Crippen LogP contribution in [-0.4, -0.2) is 48.1 Å². The maximum atomic E-state index is 13.4. The standard InChI is InChI=1S/C22H26ClF3N4O/c1-29(16-7-5-15(6-8-16)27-21(31)30-10-2-3-11-30)19-13-20(22(24,25)26)28-18-9-4-14(23)12-17(18)19/h4,9,12-13,15-16H,2-3,5-8,10-11H2,1H3,(H,27,31). The highest BCUT2D eigenvalue weighted by Crippen LogP contribution is 2.37. The molecule has 0 bridgehead atoms. The number of carbonyl (C=O) groups is 1. The van der Waals surface area contributed by atoms with Gasteiger partial charge in [-0.3, -0.25) is 0 Å². The van der Waals surface area contributed by atoms with Gasteiger partial charge in [-0.1, -0.05) is 11.6 Å². The summed E-state index contributed by atoms with van der Waals surface area (Å²) < 4.78 is 40.3. The first-order valence-electron chi connectivity index (χ1n) is 10.7. The van der Waals surface area contributed by atoms with Crippen LogP contribution in [0.4, 0.5) is 23.7 Å². The second-order valence-electron chi connectivity index (χ2n) is 8.45. The molecule has 2 aromatic rings. The summed E-state index contributed by atoms with van der Waals surface area (Å²) in [5, 5.41) is 4.18. The van der Waals surface area contributed by atoms with Gasteiger partial charge in [-0.15, -0.1) is 0 Å². The Morgan fingerprint density at radius 3 is 2.48 bits per heavy atom. The number of fused-ring (bicyclic) bond motifs is 1. The third kappa shape index (κ3) is 4.84. The highest BCUT2D eigenvalue weighted by molar-refractivity contribution is 6.31. The van der Waals surface area contributed by atoms with Crippen LogP contribution in [0.15, 0.2) is 24.3 Å². The second kappa shape index (κ2) is 8.73. The maximum Gasteiger partial charge on any atom is 0.433 e. The van der Waals surface area contributed by atoms with Crippen LogP contribution in [-0.2, 0) is 6.18 Å². The Labute approximate surface area is 184 Å². The maximum absolute atomic E-state index is 13.4. The molecule has 2 amide bonds. The molecule has 0 unspecified atom stereocenters. The molecule has 4 rings (SSSR count). The molecule has 1 aliphatic carbocycles. The van der Waals surface area contributed by atoms with Gasteiger partial charge in [0, 0.05) is 48.3 Å². The molecule has 1 N–H and O–H groups in total. The lowest BCUT2D eigenvalue weighted by Crippen LogP contribution is -2.47. The average Bonchev–Trinajstić information content (AvgIpc) is 3.27. The summed E-state index contributed by atoms with van der Waals surface area (Å²) in [5.74, 6) is 0. The number of carbonyl (C=O) groups excluding carboxylic acids is 1. The van der Waals surface area contributed by atoms with Crippen molar-refractivity contribution in [2.75, 3.05) is 25.0 Å². The van der Waals surface area contributed by atoms with Crippen LogP contribution in [0.25, 0.3) is 10.9 Å². The van der Waals surface area contributed by atoms with E-state index in [4.69, 9.17) is 11.6 Å². The second-order valence-corrected chi connectivity index (χ2v) is 8.88. The molecule has 5 nitrogen and oxygen atoms in total. The Morgan fingerprint density at radius 2 is 1.84 bits per heavy atom. The van der Waals surface area contributed by atoms with E-state index in [0.717, 1.165) is 57.7 Å². The van der Waals surface area contributed by atoms with Crippen LogP contribution in [0.3, 0.4) is 0 Å². The molecular weight excluding hydrogens is 429 g/mol. The zero-order chi connectivity index (χ0) is 22.2. The van der Waals surface area contributed by atoms with Crippen molar-refractivity contribution < 1.29 is 18.0 Å². The first-order valence-corrected chi connectivity index (χ1v) is 11.1. The molecular formula is C22H26ClF3N4O. The molecule has 1 aromatic carbocycles. The molecule has 2 fully saturated rings. The highest BCUT2D eigenvalue weighted by Gasteiger charge is 2.35. The quantitative estimate of drug-likeness (QED) is 0.670. The number of hydrogen-bond acceptors (Lipinski definition) is 3. The SMILES string of the molecule is CN(c1cc(C(F)(F)F)nc2ccc(Cl)cc12)C1CCC(NC(=O)N2CCCC2)CC1. The van der Waals surface area contributed by atoms with Gasteiger partial charge in [-0.25, -0.2) is 9.78 Å². The van der Waals surface area contributed by atoms with Crippen molar-refractivity contribution in [2.24, 2.45) is 0 Å². The van der Waals surface area contributed by atoms with Crippen LogP contribution in [0.1, 0.15) is 44.2 Å². The molecule has 0 spiro atoms. The van der Waals surface area contributed by atoms with Crippen molar-refractivity contribution in [1.29, 1.82) is 0 Å². The van der Waals surface area contributed by atoms with E-state index >= 15 is 0 Å². The lowest BCUT2D eigenvalue weighted by atomic mass is 9.90. The van der Waals surface area contributed by atoms with E-state index in [0.29, 0.717) is 16.1 Å². The molecule has 0 radical (unpaired) electrons. The number of nitrogens with zero attached hydrogens (tertiary/aromatic N) is 3. The minimum absolute atomic E-state index is 0.00102. The monoisotopic (exact) mass is 454 g/mol. The van der Waals surface area contributed by atoms with Crippen molar-refractivity contribution in [3.63, 3.8) is 0 Å². The number of rotatable bonds is 3. The summed E-state index contributed by atoms with van der Waals surface area (Å²) in [5.41, 5.74) is -0.159. The molecule has 1 saturated heterocycles. The fourth-order valence-electron chi connectivity index (χ4n) is 4.61. The van der Waals surface area contributed by atoms with Crippen LogP contribution < -0.4 is 10.2 Å².